The normalized spacial score (nSPS) is 16.2. The van der Waals surface area contributed by atoms with Gasteiger partial charge in [0.2, 0.25) is 10.0 Å². The molecular formula is C17H19ClN2O3S2. The lowest BCUT2D eigenvalue weighted by Crippen LogP contribution is -2.50. The summed E-state index contributed by atoms with van der Waals surface area (Å²) in [6, 6.07) is 8.45. The minimum Gasteiger partial charge on any atom is -0.336 e. The summed E-state index contributed by atoms with van der Waals surface area (Å²) >= 11 is 7.33. The number of rotatable bonds is 3. The van der Waals surface area contributed by atoms with Gasteiger partial charge in [0.05, 0.1) is 4.90 Å². The lowest BCUT2D eigenvalue weighted by molar-refractivity contribution is 0.0698. The zero-order valence-electron chi connectivity index (χ0n) is 14.0. The van der Waals surface area contributed by atoms with Crippen LogP contribution in [0, 0.1) is 13.8 Å². The van der Waals surface area contributed by atoms with Gasteiger partial charge in [0, 0.05) is 46.5 Å². The SMILES string of the molecule is Cc1cc(S(=O)(=O)N2CCN(C(=O)c3ccc(Cl)cc3)CC2)c(C)s1. The lowest BCUT2D eigenvalue weighted by Gasteiger charge is -2.34. The van der Waals surface area contributed by atoms with Crippen LogP contribution in [0.2, 0.25) is 5.02 Å². The number of halogens is 1. The molecule has 0 spiro atoms. The minimum absolute atomic E-state index is 0.101. The van der Waals surface area contributed by atoms with E-state index in [1.807, 2.05) is 13.8 Å². The highest BCUT2D eigenvalue weighted by Gasteiger charge is 2.32. The summed E-state index contributed by atoms with van der Waals surface area (Å²) in [4.78, 5) is 16.4. The van der Waals surface area contributed by atoms with E-state index in [1.54, 1.807) is 35.2 Å². The van der Waals surface area contributed by atoms with Crippen molar-refractivity contribution in [3.63, 3.8) is 0 Å². The third-order valence-corrected chi connectivity index (χ3v) is 7.60. The van der Waals surface area contributed by atoms with E-state index in [0.717, 1.165) is 9.75 Å². The average molecular weight is 399 g/mol. The first-order chi connectivity index (χ1) is 11.8. The molecule has 1 saturated heterocycles. The molecule has 0 bridgehead atoms. The molecule has 3 rings (SSSR count). The summed E-state index contributed by atoms with van der Waals surface area (Å²) in [5, 5.41) is 0.578. The van der Waals surface area contributed by atoms with Crippen LogP contribution in [-0.2, 0) is 10.0 Å². The summed E-state index contributed by atoms with van der Waals surface area (Å²) in [7, 11) is -3.50. The number of carbonyl (C=O) groups excluding carboxylic acids is 1. The van der Waals surface area contributed by atoms with Gasteiger partial charge in [-0.1, -0.05) is 11.6 Å². The van der Waals surface area contributed by atoms with Gasteiger partial charge in [0.1, 0.15) is 0 Å². The largest absolute Gasteiger partial charge is 0.336 e. The molecule has 0 saturated carbocycles. The number of piperazine rings is 1. The second-order valence-corrected chi connectivity index (χ2v) is 9.78. The number of amides is 1. The number of hydrogen-bond acceptors (Lipinski definition) is 4. The van der Waals surface area contributed by atoms with Crippen molar-refractivity contribution in [2.45, 2.75) is 18.7 Å². The van der Waals surface area contributed by atoms with Crippen LogP contribution in [-0.4, -0.2) is 49.7 Å². The lowest BCUT2D eigenvalue weighted by atomic mass is 10.2. The Morgan fingerprint density at radius 3 is 2.20 bits per heavy atom. The fraction of sp³-hybridized carbons (Fsp3) is 0.353. The highest BCUT2D eigenvalue weighted by molar-refractivity contribution is 7.89. The fourth-order valence-electron chi connectivity index (χ4n) is 2.91. The van der Waals surface area contributed by atoms with Crippen LogP contribution in [0.3, 0.4) is 0 Å². The van der Waals surface area contributed by atoms with Crippen molar-refractivity contribution in [2.75, 3.05) is 26.2 Å². The third-order valence-electron chi connectivity index (χ3n) is 4.23. The van der Waals surface area contributed by atoms with Crippen molar-refractivity contribution in [1.82, 2.24) is 9.21 Å². The van der Waals surface area contributed by atoms with Crippen molar-refractivity contribution in [3.05, 3.63) is 50.7 Å². The zero-order chi connectivity index (χ0) is 18.2. The van der Waals surface area contributed by atoms with Crippen molar-refractivity contribution in [2.24, 2.45) is 0 Å². The maximum Gasteiger partial charge on any atom is 0.253 e. The van der Waals surface area contributed by atoms with Crippen LogP contribution in [0.15, 0.2) is 35.2 Å². The number of benzene rings is 1. The topological polar surface area (TPSA) is 57.7 Å². The number of aryl methyl sites for hydroxylation is 2. The Labute approximate surface area is 156 Å². The molecule has 134 valence electrons. The molecular weight excluding hydrogens is 380 g/mol. The Morgan fingerprint density at radius 2 is 1.68 bits per heavy atom. The molecule has 25 heavy (non-hydrogen) atoms. The van der Waals surface area contributed by atoms with Crippen molar-refractivity contribution in [1.29, 1.82) is 0 Å². The molecule has 8 heteroatoms. The predicted octanol–water partition coefficient (Wildman–Crippen LogP) is 3.17. The van der Waals surface area contributed by atoms with E-state index < -0.39 is 10.0 Å². The van der Waals surface area contributed by atoms with Gasteiger partial charge < -0.3 is 4.90 Å². The summed E-state index contributed by atoms with van der Waals surface area (Å²) in [6.07, 6.45) is 0. The molecule has 0 aliphatic carbocycles. The van der Waals surface area contributed by atoms with Crippen LogP contribution in [0.5, 0.6) is 0 Å². The first-order valence-corrected chi connectivity index (χ1v) is 10.5. The summed E-state index contributed by atoms with van der Waals surface area (Å²) in [5.41, 5.74) is 0.560. The molecule has 1 aromatic carbocycles. The smallest absolute Gasteiger partial charge is 0.253 e. The van der Waals surface area contributed by atoms with Crippen LogP contribution >= 0.6 is 22.9 Å². The number of thiophene rings is 1. The van der Waals surface area contributed by atoms with E-state index in [2.05, 4.69) is 0 Å². The second-order valence-electron chi connectivity index (χ2n) is 5.98. The highest BCUT2D eigenvalue weighted by Crippen LogP contribution is 2.28. The molecule has 1 fully saturated rings. The minimum atomic E-state index is -3.50. The van der Waals surface area contributed by atoms with Crippen molar-refractivity contribution < 1.29 is 13.2 Å². The van der Waals surface area contributed by atoms with E-state index in [9.17, 15) is 13.2 Å². The molecule has 0 unspecified atom stereocenters. The summed E-state index contributed by atoms with van der Waals surface area (Å²) in [5.74, 6) is -0.101. The van der Waals surface area contributed by atoms with Gasteiger partial charge in [-0.25, -0.2) is 8.42 Å². The van der Waals surface area contributed by atoms with Gasteiger partial charge in [-0.3, -0.25) is 4.79 Å². The van der Waals surface area contributed by atoms with Gasteiger partial charge >= 0.3 is 0 Å². The van der Waals surface area contributed by atoms with E-state index in [-0.39, 0.29) is 5.91 Å². The summed E-state index contributed by atoms with van der Waals surface area (Å²) < 4.78 is 27.1. The Bertz CT molecular complexity index is 883. The van der Waals surface area contributed by atoms with E-state index in [4.69, 9.17) is 11.6 Å². The predicted molar refractivity (Wildman–Crippen MR) is 99.9 cm³/mol. The van der Waals surface area contributed by atoms with E-state index in [0.29, 0.717) is 41.7 Å². The van der Waals surface area contributed by atoms with Crippen LogP contribution in [0.1, 0.15) is 20.1 Å². The summed E-state index contributed by atoms with van der Waals surface area (Å²) in [6.45, 7) is 5.09. The number of hydrogen-bond donors (Lipinski definition) is 0. The molecule has 1 aliphatic heterocycles. The molecule has 1 aliphatic rings. The first-order valence-electron chi connectivity index (χ1n) is 7.91. The zero-order valence-corrected chi connectivity index (χ0v) is 16.4. The van der Waals surface area contributed by atoms with Gasteiger partial charge in [-0.2, -0.15) is 4.31 Å². The Hall–Kier alpha value is -1.41. The quantitative estimate of drug-likeness (QED) is 0.797. The number of sulfonamides is 1. The number of carbonyl (C=O) groups is 1. The molecule has 1 amide bonds. The van der Waals surface area contributed by atoms with Gasteiger partial charge in [0.15, 0.2) is 0 Å². The molecule has 5 nitrogen and oxygen atoms in total. The van der Waals surface area contributed by atoms with Crippen LogP contribution in [0.4, 0.5) is 0 Å². The molecule has 0 radical (unpaired) electrons. The standard InChI is InChI=1S/C17H19ClN2O3S2/c1-12-11-16(13(2)24-12)25(22,23)20-9-7-19(8-10-20)17(21)14-3-5-15(18)6-4-14/h3-6,11H,7-10H2,1-2H3. The van der Waals surface area contributed by atoms with E-state index in [1.165, 1.54) is 15.6 Å². The molecule has 2 heterocycles. The first kappa shape index (κ1) is 18.4. The Morgan fingerprint density at radius 1 is 1.08 bits per heavy atom. The van der Waals surface area contributed by atoms with Gasteiger partial charge in [-0.15, -0.1) is 11.3 Å². The van der Waals surface area contributed by atoms with Gasteiger partial charge in [-0.05, 0) is 44.2 Å². The maximum absolute atomic E-state index is 12.8. The highest BCUT2D eigenvalue weighted by atomic mass is 35.5. The fourth-order valence-corrected chi connectivity index (χ4v) is 5.98. The molecule has 0 N–H and O–H groups in total. The van der Waals surface area contributed by atoms with Crippen LogP contribution in [0.25, 0.3) is 0 Å². The number of nitrogens with zero attached hydrogens (tertiary/aromatic N) is 2. The molecule has 1 aromatic heterocycles. The Balaban J connectivity index is 1.70. The van der Waals surface area contributed by atoms with Crippen molar-refractivity contribution >= 4 is 38.9 Å². The average Bonchev–Trinajstić information content (AvgIpc) is 2.94. The monoisotopic (exact) mass is 398 g/mol. The maximum atomic E-state index is 12.8. The third kappa shape index (κ3) is 3.74. The molecule has 2 aromatic rings. The molecule has 0 atom stereocenters. The Kier molecular flexibility index (Phi) is 5.20. The van der Waals surface area contributed by atoms with Crippen LogP contribution < -0.4 is 0 Å². The van der Waals surface area contributed by atoms with Gasteiger partial charge in [0.25, 0.3) is 5.91 Å². The second kappa shape index (κ2) is 7.07. The van der Waals surface area contributed by atoms with E-state index >= 15 is 0 Å². The van der Waals surface area contributed by atoms with Crippen molar-refractivity contribution in [3.8, 4) is 0 Å².